The van der Waals surface area contributed by atoms with Crippen LogP contribution < -0.4 is 9.47 Å². The molecule has 3 aliphatic rings. The van der Waals surface area contributed by atoms with Crippen LogP contribution in [0.15, 0.2) is 35.7 Å². The lowest BCUT2D eigenvalue weighted by Gasteiger charge is -2.33. The van der Waals surface area contributed by atoms with Crippen molar-refractivity contribution in [1.82, 2.24) is 4.90 Å². The average Bonchev–Trinajstić information content (AvgIpc) is 3.40. The maximum Gasteiger partial charge on any atom is 0.312 e. The van der Waals surface area contributed by atoms with Gasteiger partial charge in [0.1, 0.15) is 18.1 Å². The van der Waals surface area contributed by atoms with Crippen molar-refractivity contribution < 1.29 is 24.2 Å². The first kappa shape index (κ1) is 17.6. The molecule has 0 radical (unpaired) electrons. The van der Waals surface area contributed by atoms with E-state index in [2.05, 4.69) is 0 Å². The average molecular weight is 399 g/mol. The largest absolute Gasteiger partial charge is 0.485 e. The van der Waals surface area contributed by atoms with Crippen LogP contribution in [-0.2, 0) is 11.2 Å². The minimum absolute atomic E-state index is 0.0421. The quantitative estimate of drug-likeness (QED) is 0.854. The van der Waals surface area contributed by atoms with Crippen molar-refractivity contribution in [2.75, 3.05) is 13.2 Å². The standard InChI is InChI=1S/C21H21NO5S/c23-19(18-17-15(12-28-18)26-8-9-27-17)22-14-6-7-16(22)21(11-14,20(24)25)10-13-4-2-1-3-5-13/h1-5,12,14,16H,6-11H2,(H,24,25)/t14-,16+,21+/m0/s1. The topological polar surface area (TPSA) is 76.1 Å². The van der Waals surface area contributed by atoms with Crippen molar-refractivity contribution in [3.63, 3.8) is 0 Å². The summed E-state index contributed by atoms with van der Waals surface area (Å²) in [6, 6.07) is 9.36. The lowest BCUT2D eigenvalue weighted by atomic mass is 9.70. The van der Waals surface area contributed by atoms with Gasteiger partial charge in [0, 0.05) is 17.5 Å². The van der Waals surface area contributed by atoms with Gasteiger partial charge in [-0.05, 0) is 31.2 Å². The van der Waals surface area contributed by atoms with E-state index in [0.717, 1.165) is 18.4 Å². The summed E-state index contributed by atoms with van der Waals surface area (Å²) in [7, 11) is 0. The maximum atomic E-state index is 13.4. The molecule has 4 heterocycles. The van der Waals surface area contributed by atoms with Gasteiger partial charge >= 0.3 is 5.97 Å². The Balaban J connectivity index is 1.48. The summed E-state index contributed by atoms with van der Waals surface area (Å²) in [5.74, 6) is 0.186. The monoisotopic (exact) mass is 399 g/mol. The minimum Gasteiger partial charge on any atom is -0.485 e. The van der Waals surface area contributed by atoms with Crippen molar-refractivity contribution in [1.29, 1.82) is 0 Å². The number of amides is 1. The van der Waals surface area contributed by atoms with E-state index < -0.39 is 11.4 Å². The number of carboxylic acid groups (broad SMARTS) is 1. The van der Waals surface area contributed by atoms with Gasteiger partial charge in [0.2, 0.25) is 0 Å². The molecular weight excluding hydrogens is 378 g/mol. The Labute approximate surface area is 166 Å². The number of hydrogen-bond acceptors (Lipinski definition) is 5. The van der Waals surface area contributed by atoms with Gasteiger partial charge in [-0.1, -0.05) is 30.3 Å². The van der Waals surface area contributed by atoms with Crippen molar-refractivity contribution >= 4 is 23.2 Å². The summed E-state index contributed by atoms with van der Waals surface area (Å²) < 4.78 is 11.2. The second-order valence-corrected chi connectivity index (χ2v) is 8.62. The maximum absolute atomic E-state index is 13.4. The fourth-order valence-corrected chi connectivity index (χ4v) is 5.95. The molecular formula is C21H21NO5S. The highest BCUT2D eigenvalue weighted by Crippen LogP contribution is 2.53. The molecule has 2 aromatic rings. The molecule has 0 unspecified atom stereocenters. The molecule has 0 aliphatic carbocycles. The molecule has 0 spiro atoms. The second kappa shape index (κ2) is 6.51. The van der Waals surface area contributed by atoms with Crippen LogP contribution in [-0.4, -0.2) is 47.2 Å². The molecule has 5 rings (SSSR count). The highest BCUT2D eigenvalue weighted by atomic mass is 32.1. The number of carbonyl (C=O) groups is 2. The van der Waals surface area contributed by atoms with Crippen LogP contribution in [0.2, 0.25) is 0 Å². The highest BCUT2D eigenvalue weighted by Gasteiger charge is 2.61. The molecule has 3 aliphatic heterocycles. The SMILES string of the molecule is O=C(c1scc2c1OCCO2)N1[C@H]2CC[C@@H]1[C@](Cc1ccccc1)(C(=O)O)C2. The Bertz CT molecular complexity index is 926. The number of carbonyl (C=O) groups excluding carboxylic acids is 1. The first-order valence-corrected chi connectivity index (χ1v) is 10.5. The molecule has 1 aromatic carbocycles. The van der Waals surface area contributed by atoms with Crippen LogP contribution in [0.5, 0.6) is 11.5 Å². The van der Waals surface area contributed by atoms with Gasteiger partial charge < -0.3 is 19.5 Å². The first-order valence-electron chi connectivity index (χ1n) is 9.57. The molecule has 0 saturated carbocycles. The van der Waals surface area contributed by atoms with Crippen LogP contribution in [0.4, 0.5) is 0 Å². The Kier molecular flexibility index (Phi) is 4.08. The molecule has 7 heteroatoms. The van der Waals surface area contributed by atoms with Crippen molar-refractivity contribution in [2.24, 2.45) is 5.41 Å². The lowest BCUT2D eigenvalue weighted by molar-refractivity contribution is -0.150. The highest BCUT2D eigenvalue weighted by molar-refractivity contribution is 7.12. The summed E-state index contributed by atoms with van der Waals surface area (Å²) >= 11 is 1.32. The lowest BCUT2D eigenvalue weighted by Crippen LogP contribution is -2.46. The van der Waals surface area contributed by atoms with Crippen LogP contribution in [0.1, 0.15) is 34.5 Å². The third kappa shape index (κ3) is 2.53. The molecule has 1 amide bonds. The summed E-state index contributed by atoms with van der Waals surface area (Å²) in [6.07, 6.45) is 2.51. The fraction of sp³-hybridized carbons (Fsp3) is 0.429. The van der Waals surface area contributed by atoms with Crippen molar-refractivity contribution in [3.8, 4) is 11.5 Å². The molecule has 2 fully saturated rings. The Morgan fingerprint density at radius 1 is 1.18 bits per heavy atom. The predicted octanol–water partition coefficient (Wildman–Crippen LogP) is 3.21. The van der Waals surface area contributed by atoms with Crippen molar-refractivity contribution in [2.45, 2.75) is 37.8 Å². The van der Waals surface area contributed by atoms with Gasteiger partial charge in [0.25, 0.3) is 5.91 Å². The number of fused-ring (bicyclic) bond motifs is 3. The van der Waals surface area contributed by atoms with Crippen molar-refractivity contribution in [3.05, 3.63) is 46.2 Å². The van der Waals surface area contributed by atoms with E-state index in [-0.39, 0.29) is 18.0 Å². The van der Waals surface area contributed by atoms with Gasteiger partial charge in [0.05, 0.1) is 5.41 Å². The zero-order valence-electron chi connectivity index (χ0n) is 15.3. The van der Waals surface area contributed by atoms with Crippen LogP contribution in [0.25, 0.3) is 0 Å². The van der Waals surface area contributed by atoms with E-state index in [4.69, 9.17) is 9.47 Å². The number of nitrogens with zero attached hydrogens (tertiary/aromatic N) is 1. The number of thiophene rings is 1. The minimum atomic E-state index is -0.936. The Morgan fingerprint density at radius 2 is 1.96 bits per heavy atom. The summed E-state index contributed by atoms with van der Waals surface area (Å²) in [4.78, 5) is 28.2. The molecule has 2 saturated heterocycles. The zero-order valence-corrected chi connectivity index (χ0v) is 16.1. The molecule has 6 nitrogen and oxygen atoms in total. The second-order valence-electron chi connectivity index (χ2n) is 7.74. The van der Waals surface area contributed by atoms with Crippen LogP contribution in [0.3, 0.4) is 0 Å². The third-order valence-electron chi connectivity index (χ3n) is 6.26. The van der Waals surface area contributed by atoms with E-state index >= 15 is 0 Å². The van der Waals surface area contributed by atoms with Gasteiger partial charge in [-0.15, -0.1) is 11.3 Å². The van der Waals surface area contributed by atoms with E-state index in [1.165, 1.54) is 11.3 Å². The van der Waals surface area contributed by atoms with Gasteiger partial charge in [-0.2, -0.15) is 0 Å². The van der Waals surface area contributed by atoms with Gasteiger partial charge in [0.15, 0.2) is 11.5 Å². The fourth-order valence-electron chi connectivity index (χ4n) is 5.07. The zero-order chi connectivity index (χ0) is 19.3. The number of hydrogen-bond donors (Lipinski definition) is 1. The van der Waals surface area contributed by atoms with E-state index in [9.17, 15) is 14.7 Å². The molecule has 146 valence electrons. The van der Waals surface area contributed by atoms with Gasteiger partial charge in [-0.3, -0.25) is 9.59 Å². The smallest absolute Gasteiger partial charge is 0.312 e. The number of ether oxygens (including phenoxy) is 2. The first-order chi connectivity index (χ1) is 13.6. The molecule has 28 heavy (non-hydrogen) atoms. The third-order valence-corrected chi connectivity index (χ3v) is 7.19. The Morgan fingerprint density at radius 3 is 2.75 bits per heavy atom. The summed E-state index contributed by atoms with van der Waals surface area (Å²) in [5, 5.41) is 12.0. The van der Waals surface area contributed by atoms with Gasteiger partial charge in [-0.25, -0.2) is 0 Å². The normalized spacial score (nSPS) is 27.8. The van der Waals surface area contributed by atoms with Crippen LogP contribution >= 0.6 is 11.3 Å². The number of aliphatic carboxylic acids is 1. The van der Waals surface area contributed by atoms with E-state index in [1.54, 1.807) is 5.38 Å². The summed E-state index contributed by atoms with van der Waals surface area (Å²) in [6.45, 7) is 0.898. The molecule has 1 N–H and O–H groups in total. The summed E-state index contributed by atoms with van der Waals surface area (Å²) in [5.41, 5.74) is 0.0595. The molecule has 3 atom stereocenters. The molecule has 1 aromatic heterocycles. The van der Waals surface area contributed by atoms with Crippen LogP contribution in [0, 0.1) is 5.41 Å². The number of rotatable bonds is 4. The number of benzene rings is 1. The predicted molar refractivity (Wildman–Crippen MR) is 103 cm³/mol. The molecule has 2 bridgehead atoms. The van der Waals surface area contributed by atoms with E-state index in [1.807, 2.05) is 35.2 Å². The number of carboxylic acids is 1. The van der Waals surface area contributed by atoms with E-state index in [0.29, 0.717) is 42.4 Å². The Hall–Kier alpha value is -2.54.